The molecule has 0 fully saturated rings. The van der Waals surface area contributed by atoms with Crippen molar-refractivity contribution in [2.45, 2.75) is 97.1 Å². The van der Waals surface area contributed by atoms with Crippen LogP contribution >= 0.6 is 0 Å². The number of nitrogens with one attached hydrogen (secondary N) is 1. The van der Waals surface area contributed by atoms with E-state index in [4.69, 9.17) is 0 Å². The zero-order valence-electron chi connectivity index (χ0n) is 19.6. The van der Waals surface area contributed by atoms with E-state index in [1.165, 1.54) is 81.9 Å². The van der Waals surface area contributed by atoms with Gasteiger partial charge in [-0.15, -0.1) is 0 Å². The molecule has 0 heterocycles. The van der Waals surface area contributed by atoms with Crippen molar-refractivity contribution in [2.75, 3.05) is 6.54 Å². The molecule has 0 aromatic heterocycles. The van der Waals surface area contributed by atoms with Crippen LogP contribution in [0.25, 0.3) is 0 Å². The van der Waals surface area contributed by atoms with Crippen molar-refractivity contribution in [1.82, 2.24) is 0 Å². The van der Waals surface area contributed by atoms with Gasteiger partial charge in [-0.25, -0.2) is 0 Å². The lowest BCUT2D eigenvalue weighted by Crippen LogP contribution is -3.16. The van der Waals surface area contributed by atoms with Crippen molar-refractivity contribution in [1.29, 1.82) is 0 Å². The fourth-order valence-electron chi connectivity index (χ4n) is 4.35. The number of quaternary nitrogens is 1. The van der Waals surface area contributed by atoms with Crippen molar-refractivity contribution in [3.8, 4) is 0 Å². The molecule has 0 amide bonds. The molecule has 30 heavy (non-hydrogen) atoms. The number of hydrogen-bond acceptors (Lipinski definition) is 0. The van der Waals surface area contributed by atoms with Gasteiger partial charge in [0.05, 0.1) is 6.54 Å². The van der Waals surface area contributed by atoms with E-state index in [1.54, 1.807) is 4.90 Å². The summed E-state index contributed by atoms with van der Waals surface area (Å²) in [6.07, 6.45) is 14.0. The van der Waals surface area contributed by atoms with E-state index in [0.29, 0.717) is 0 Å². The van der Waals surface area contributed by atoms with Gasteiger partial charge in [0, 0.05) is 11.1 Å². The topological polar surface area (TPSA) is 4.44 Å². The van der Waals surface area contributed by atoms with E-state index in [-0.39, 0.29) is 17.9 Å². The third kappa shape index (κ3) is 9.67. The van der Waals surface area contributed by atoms with Crippen molar-refractivity contribution < 1.29 is 17.3 Å². The second kappa shape index (κ2) is 15.5. The van der Waals surface area contributed by atoms with Crippen LogP contribution in [0, 0.1) is 0 Å². The van der Waals surface area contributed by atoms with Gasteiger partial charge in [-0.3, -0.25) is 0 Å². The van der Waals surface area contributed by atoms with E-state index in [1.807, 2.05) is 0 Å². The van der Waals surface area contributed by atoms with Gasteiger partial charge >= 0.3 is 0 Å². The molecule has 1 unspecified atom stereocenters. The van der Waals surface area contributed by atoms with Gasteiger partial charge < -0.3 is 17.3 Å². The summed E-state index contributed by atoms with van der Waals surface area (Å²) in [5.74, 6) is 0. The zero-order chi connectivity index (χ0) is 20.8. The molecular weight excluding hydrogens is 386 g/mol. The van der Waals surface area contributed by atoms with Gasteiger partial charge in [-0.05, 0) is 26.7 Å². The monoisotopic (exact) mass is 429 g/mol. The van der Waals surface area contributed by atoms with E-state index < -0.39 is 0 Å². The highest BCUT2D eigenvalue weighted by atomic mass is 35.5. The number of rotatable bonds is 15. The lowest BCUT2D eigenvalue weighted by Gasteiger charge is -2.36. The van der Waals surface area contributed by atoms with Crippen LogP contribution in [0.5, 0.6) is 0 Å². The van der Waals surface area contributed by atoms with Gasteiger partial charge in [0.2, 0.25) is 0 Å². The molecule has 1 N–H and O–H groups in total. The average molecular weight is 430 g/mol. The summed E-state index contributed by atoms with van der Waals surface area (Å²) < 4.78 is 0. The highest BCUT2D eigenvalue weighted by Gasteiger charge is 2.32. The summed E-state index contributed by atoms with van der Waals surface area (Å²) in [5.41, 5.74) is 3.01. The molecule has 0 saturated carbocycles. The van der Waals surface area contributed by atoms with Gasteiger partial charge in [-0.1, -0.05) is 119 Å². The van der Waals surface area contributed by atoms with Gasteiger partial charge in [-0.2, -0.15) is 0 Å². The van der Waals surface area contributed by atoms with Crippen molar-refractivity contribution in [3.63, 3.8) is 0 Å². The predicted molar refractivity (Wildman–Crippen MR) is 127 cm³/mol. The maximum absolute atomic E-state index is 2.41. The van der Waals surface area contributed by atoms with E-state index in [2.05, 4.69) is 81.4 Å². The molecule has 1 nitrogen and oxygen atoms in total. The van der Waals surface area contributed by atoms with Crippen LogP contribution in [0.4, 0.5) is 0 Å². The Morgan fingerprint density at radius 1 is 0.633 bits per heavy atom. The molecular formula is C28H44ClN. The fraction of sp³-hybridized carbons (Fsp3) is 0.571. The van der Waals surface area contributed by atoms with E-state index in [9.17, 15) is 0 Å². The highest BCUT2D eigenvalue weighted by molar-refractivity contribution is 5.20. The first-order valence-electron chi connectivity index (χ1n) is 12.1. The van der Waals surface area contributed by atoms with Crippen LogP contribution in [0.2, 0.25) is 0 Å². The quantitative estimate of drug-likeness (QED) is 0.409. The molecule has 168 valence electrons. The summed E-state index contributed by atoms with van der Waals surface area (Å²) in [7, 11) is 0. The van der Waals surface area contributed by atoms with Crippen LogP contribution in [-0.2, 0) is 12.1 Å². The normalized spacial score (nSPS) is 12.4. The molecule has 2 heteroatoms. The van der Waals surface area contributed by atoms with Gasteiger partial charge in [0.15, 0.2) is 0 Å². The SMILES string of the molecule is CCCCCCCCCCCC[NH+](Cc1ccccc1)C(C)(C)c1ccccc1.[Cl-]. The molecule has 0 bridgehead atoms. The van der Waals surface area contributed by atoms with E-state index in [0.717, 1.165) is 6.54 Å². The number of halogens is 1. The summed E-state index contributed by atoms with van der Waals surface area (Å²) >= 11 is 0. The van der Waals surface area contributed by atoms with Crippen LogP contribution in [0.1, 0.15) is 96.1 Å². The largest absolute Gasteiger partial charge is 1.00 e. The minimum atomic E-state index is 0. The maximum Gasteiger partial charge on any atom is 0.118 e. The minimum Gasteiger partial charge on any atom is -1.00 e. The Hall–Kier alpha value is -1.31. The molecule has 2 rings (SSSR count). The number of benzene rings is 2. The Balaban J connectivity index is 0.00000450. The Morgan fingerprint density at radius 2 is 1.10 bits per heavy atom. The van der Waals surface area contributed by atoms with Crippen molar-refractivity contribution in [2.24, 2.45) is 0 Å². The Labute approximate surface area is 192 Å². The second-order valence-corrected chi connectivity index (χ2v) is 9.19. The average Bonchev–Trinajstić information content (AvgIpc) is 2.75. The van der Waals surface area contributed by atoms with Gasteiger partial charge in [0.25, 0.3) is 0 Å². The van der Waals surface area contributed by atoms with Gasteiger partial charge in [0.1, 0.15) is 12.1 Å². The van der Waals surface area contributed by atoms with Crippen LogP contribution in [0.3, 0.4) is 0 Å². The highest BCUT2D eigenvalue weighted by Crippen LogP contribution is 2.17. The molecule has 0 aliphatic heterocycles. The van der Waals surface area contributed by atoms with E-state index >= 15 is 0 Å². The first-order valence-corrected chi connectivity index (χ1v) is 12.1. The summed E-state index contributed by atoms with van der Waals surface area (Å²) in [6, 6.07) is 22.1. The molecule has 0 aliphatic rings. The van der Waals surface area contributed by atoms with Crippen LogP contribution in [-0.4, -0.2) is 6.54 Å². The minimum absolute atomic E-state index is 0. The summed E-state index contributed by atoms with van der Waals surface area (Å²) in [5, 5.41) is 0. The maximum atomic E-state index is 2.41. The van der Waals surface area contributed by atoms with Crippen LogP contribution < -0.4 is 17.3 Å². The molecule has 2 aromatic carbocycles. The second-order valence-electron chi connectivity index (χ2n) is 9.19. The molecule has 0 saturated heterocycles. The first kappa shape index (κ1) is 26.7. The Bertz CT molecular complexity index is 638. The Kier molecular flexibility index (Phi) is 13.8. The summed E-state index contributed by atoms with van der Waals surface area (Å²) in [4.78, 5) is 1.68. The third-order valence-corrected chi connectivity index (χ3v) is 6.47. The smallest absolute Gasteiger partial charge is 0.118 e. The predicted octanol–water partition coefficient (Wildman–Crippen LogP) is 3.93. The standard InChI is InChI=1S/C28H43N.ClH/c1-4-5-6-7-8-9-10-11-12-19-24-29(25-26-20-15-13-16-21-26)28(2,3)27-22-17-14-18-23-27;/h13-18,20-23H,4-12,19,24-25H2,1-3H3;1H. The molecule has 2 aromatic rings. The first-order chi connectivity index (χ1) is 14.1. The van der Waals surface area contributed by atoms with Crippen molar-refractivity contribution in [3.05, 3.63) is 71.8 Å². The van der Waals surface area contributed by atoms with Crippen LogP contribution in [0.15, 0.2) is 60.7 Å². The fourth-order valence-corrected chi connectivity index (χ4v) is 4.35. The molecule has 0 radical (unpaired) electrons. The Morgan fingerprint density at radius 3 is 1.63 bits per heavy atom. The zero-order valence-corrected chi connectivity index (χ0v) is 20.4. The lowest BCUT2D eigenvalue weighted by atomic mass is 9.91. The number of hydrogen-bond donors (Lipinski definition) is 1. The van der Waals surface area contributed by atoms with Crippen molar-refractivity contribution >= 4 is 0 Å². The number of unbranched alkanes of at least 4 members (excludes halogenated alkanes) is 9. The molecule has 0 aliphatic carbocycles. The molecule has 0 spiro atoms. The summed E-state index contributed by atoms with van der Waals surface area (Å²) in [6.45, 7) is 9.46. The molecule has 1 atom stereocenters. The third-order valence-electron chi connectivity index (χ3n) is 6.47. The lowest BCUT2D eigenvalue weighted by molar-refractivity contribution is -0.970.